The molecule has 2 aliphatic rings. The molecule has 2 aliphatic heterocycles. The van der Waals surface area contributed by atoms with E-state index in [9.17, 15) is 4.79 Å². The van der Waals surface area contributed by atoms with Crippen LogP contribution in [-0.4, -0.2) is 31.1 Å². The fourth-order valence-electron chi connectivity index (χ4n) is 3.88. The van der Waals surface area contributed by atoms with Gasteiger partial charge in [0.15, 0.2) is 0 Å². The number of ether oxygens (including phenoxy) is 1. The third-order valence-electron chi connectivity index (χ3n) is 5.04. The molecular formula is C19H28N2O2. The number of fused-ring (bicyclic) bond motifs is 2. The minimum absolute atomic E-state index is 0.201. The number of benzene rings is 1. The van der Waals surface area contributed by atoms with Crippen LogP contribution in [0.3, 0.4) is 0 Å². The van der Waals surface area contributed by atoms with E-state index in [1.54, 1.807) is 0 Å². The van der Waals surface area contributed by atoms with E-state index >= 15 is 0 Å². The number of carbonyl (C=O) groups is 1. The zero-order valence-electron chi connectivity index (χ0n) is 14.0. The molecule has 2 saturated heterocycles. The largest absolute Gasteiger partial charge is 0.493 e. The minimum atomic E-state index is 0.201. The van der Waals surface area contributed by atoms with Crippen LogP contribution in [0.2, 0.25) is 0 Å². The van der Waals surface area contributed by atoms with Crippen molar-refractivity contribution in [2.45, 2.75) is 57.5 Å². The van der Waals surface area contributed by atoms with Crippen LogP contribution in [0.15, 0.2) is 24.3 Å². The smallest absolute Gasteiger partial charge is 0.220 e. The van der Waals surface area contributed by atoms with Gasteiger partial charge in [0.25, 0.3) is 0 Å². The number of hydrogen-bond acceptors (Lipinski definition) is 3. The topological polar surface area (TPSA) is 50.4 Å². The standard InChI is InChI=1S/C19H28N2O2/c1-14-5-2-3-6-18(14)23-10-4-9-20-19(22)13-15-11-16-7-8-17(12-15)21-16/h2-3,5-6,15-17,21H,4,7-13H2,1H3,(H,20,22)/t15?,16-,17+. The fraction of sp³-hybridized carbons (Fsp3) is 0.632. The number of para-hydroxylation sites is 1. The lowest BCUT2D eigenvalue weighted by Gasteiger charge is -2.28. The van der Waals surface area contributed by atoms with E-state index in [1.807, 2.05) is 31.2 Å². The second-order valence-electron chi connectivity index (χ2n) is 7.00. The Kier molecular flexibility index (Phi) is 5.55. The summed E-state index contributed by atoms with van der Waals surface area (Å²) in [6.07, 6.45) is 6.45. The number of hydrogen-bond donors (Lipinski definition) is 2. The summed E-state index contributed by atoms with van der Waals surface area (Å²) >= 11 is 0. The van der Waals surface area contributed by atoms with Gasteiger partial charge in [-0.2, -0.15) is 0 Å². The van der Waals surface area contributed by atoms with E-state index in [2.05, 4.69) is 10.6 Å². The van der Waals surface area contributed by atoms with E-state index in [0.29, 0.717) is 37.6 Å². The highest BCUT2D eigenvalue weighted by atomic mass is 16.5. The monoisotopic (exact) mass is 316 g/mol. The van der Waals surface area contributed by atoms with E-state index in [4.69, 9.17) is 4.74 Å². The minimum Gasteiger partial charge on any atom is -0.493 e. The summed E-state index contributed by atoms with van der Waals surface area (Å²) in [7, 11) is 0. The Morgan fingerprint density at radius 3 is 2.74 bits per heavy atom. The van der Waals surface area contributed by atoms with Gasteiger partial charge in [0, 0.05) is 25.0 Å². The number of aryl methyl sites for hydroxylation is 1. The highest BCUT2D eigenvalue weighted by Crippen LogP contribution is 2.32. The molecule has 4 heteroatoms. The molecule has 0 spiro atoms. The van der Waals surface area contributed by atoms with Crippen LogP contribution in [0.5, 0.6) is 5.75 Å². The number of carbonyl (C=O) groups excluding carboxylic acids is 1. The van der Waals surface area contributed by atoms with Gasteiger partial charge in [-0.15, -0.1) is 0 Å². The third-order valence-corrected chi connectivity index (χ3v) is 5.04. The normalized spacial score (nSPS) is 26.0. The summed E-state index contributed by atoms with van der Waals surface area (Å²) in [5.74, 6) is 1.70. The summed E-state index contributed by atoms with van der Waals surface area (Å²) in [5.41, 5.74) is 1.15. The van der Waals surface area contributed by atoms with Crippen LogP contribution < -0.4 is 15.4 Å². The van der Waals surface area contributed by atoms with Gasteiger partial charge < -0.3 is 15.4 Å². The van der Waals surface area contributed by atoms with Gasteiger partial charge in [-0.3, -0.25) is 4.79 Å². The first kappa shape index (κ1) is 16.3. The van der Waals surface area contributed by atoms with Gasteiger partial charge in [0.2, 0.25) is 5.91 Å². The lowest BCUT2D eigenvalue weighted by Crippen LogP contribution is -2.39. The van der Waals surface area contributed by atoms with E-state index in [1.165, 1.54) is 25.7 Å². The van der Waals surface area contributed by atoms with E-state index < -0.39 is 0 Å². The van der Waals surface area contributed by atoms with Crippen LogP contribution >= 0.6 is 0 Å². The van der Waals surface area contributed by atoms with Crippen molar-refractivity contribution in [3.05, 3.63) is 29.8 Å². The van der Waals surface area contributed by atoms with Crippen molar-refractivity contribution in [3.8, 4) is 5.75 Å². The molecule has 2 fully saturated rings. The van der Waals surface area contributed by atoms with Gasteiger partial charge >= 0.3 is 0 Å². The molecule has 23 heavy (non-hydrogen) atoms. The predicted molar refractivity (Wildman–Crippen MR) is 91.6 cm³/mol. The number of piperidine rings is 1. The highest BCUT2D eigenvalue weighted by molar-refractivity contribution is 5.76. The molecule has 126 valence electrons. The summed E-state index contributed by atoms with van der Waals surface area (Å²) in [6.45, 7) is 3.38. The van der Waals surface area contributed by atoms with Crippen molar-refractivity contribution in [2.75, 3.05) is 13.2 Å². The zero-order chi connectivity index (χ0) is 16.1. The van der Waals surface area contributed by atoms with E-state index in [-0.39, 0.29) is 5.91 Å². The Hall–Kier alpha value is -1.55. The zero-order valence-corrected chi connectivity index (χ0v) is 14.0. The summed E-state index contributed by atoms with van der Waals surface area (Å²) in [4.78, 5) is 12.1. The third kappa shape index (κ3) is 4.71. The lowest BCUT2D eigenvalue weighted by atomic mass is 9.89. The van der Waals surface area contributed by atoms with Crippen LogP contribution in [-0.2, 0) is 4.79 Å². The predicted octanol–water partition coefficient (Wildman–Crippen LogP) is 2.80. The maximum Gasteiger partial charge on any atom is 0.220 e. The van der Waals surface area contributed by atoms with Gasteiger partial charge in [-0.05, 0) is 56.6 Å². The molecule has 1 unspecified atom stereocenters. The summed E-state index contributed by atoms with van der Waals surface area (Å²) < 4.78 is 5.75. The quantitative estimate of drug-likeness (QED) is 0.761. The van der Waals surface area contributed by atoms with Gasteiger partial charge in [0.05, 0.1) is 6.61 Å². The molecule has 2 heterocycles. The van der Waals surface area contributed by atoms with Crippen molar-refractivity contribution in [2.24, 2.45) is 5.92 Å². The van der Waals surface area contributed by atoms with Gasteiger partial charge in [-0.1, -0.05) is 18.2 Å². The number of amides is 1. The van der Waals surface area contributed by atoms with Crippen molar-refractivity contribution in [3.63, 3.8) is 0 Å². The average molecular weight is 316 g/mol. The first-order valence-electron chi connectivity index (χ1n) is 8.92. The molecule has 1 amide bonds. The highest BCUT2D eigenvalue weighted by Gasteiger charge is 2.33. The molecule has 0 saturated carbocycles. The molecule has 4 nitrogen and oxygen atoms in total. The molecule has 3 rings (SSSR count). The van der Waals surface area contributed by atoms with Crippen LogP contribution in [0, 0.1) is 12.8 Å². The van der Waals surface area contributed by atoms with Crippen LogP contribution in [0.4, 0.5) is 0 Å². The maximum absolute atomic E-state index is 12.1. The molecule has 1 aromatic rings. The number of rotatable bonds is 7. The molecule has 2 N–H and O–H groups in total. The first-order valence-corrected chi connectivity index (χ1v) is 8.92. The molecule has 1 aromatic carbocycles. The Morgan fingerprint density at radius 2 is 2.00 bits per heavy atom. The first-order chi connectivity index (χ1) is 11.2. The molecule has 3 atom stereocenters. The molecule has 0 aliphatic carbocycles. The Balaban J connectivity index is 1.28. The van der Waals surface area contributed by atoms with Gasteiger partial charge in [0.1, 0.15) is 5.75 Å². The Labute approximate surface area is 139 Å². The van der Waals surface area contributed by atoms with Crippen LogP contribution in [0.25, 0.3) is 0 Å². The van der Waals surface area contributed by atoms with Crippen molar-refractivity contribution in [1.29, 1.82) is 0 Å². The Morgan fingerprint density at radius 1 is 1.26 bits per heavy atom. The lowest BCUT2D eigenvalue weighted by molar-refractivity contribution is -0.122. The van der Waals surface area contributed by atoms with Crippen molar-refractivity contribution >= 4 is 5.91 Å². The van der Waals surface area contributed by atoms with Gasteiger partial charge in [-0.25, -0.2) is 0 Å². The fourth-order valence-corrected chi connectivity index (χ4v) is 3.88. The maximum atomic E-state index is 12.1. The van der Waals surface area contributed by atoms with Crippen molar-refractivity contribution < 1.29 is 9.53 Å². The van der Waals surface area contributed by atoms with Crippen molar-refractivity contribution in [1.82, 2.24) is 10.6 Å². The van der Waals surface area contributed by atoms with E-state index in [0.717, 1.165) is 17.7 Å². The molecule has 0 aromatic heterocycles. The number of nitrogens with one attached hydrogen (secondary N) is 2. The molecular weight excluding hydrogens is 288 g/mol. The SMILES string of the molecule is Cc1ccccc1OCCCNC(=O)CC1C[C@H]2CC[C@@H](C1)N2. The Bertz CT molecular complexity index is 520. The van der Waals surface area contributed by atoms with Crippen LogP contribution in [0.1, 0.15) is 44.1 Å². The summed E-state index contributed by atoms with van der Waals surface area (Å²) in [5, 5.41) is 6.67. The second-order valence-corrected chi connectivity index (χ2v) is 7.00. The average Bonchev–Trinajstić information content (AvgIpc) is 2.87. The molecule has 2 bridgehead atoms. The molecule has 0 radical (unpaired) electrons. The summed E-state index contributed by atoms with van der Waals surface area (Å²) in [6, 6.07) is 9.34. The second kappa shape index (κ2) is 7.82.